The van der Waals surface area contributed by atoms with Gasteiger partial charge in [-0.2, -0.15) is 0 Å². The van der Waals surface area contributed by atoms with Crippen molar-refractivity contribution in [3.05, 3.63) is 0 Å². The van der Waals surface area contributed by atoms with Crippen LogP contribution in [0, 0.1) is 0 Å². The molecule has 0 spiro atoms. The van der Waals surface area contributed by atoms with Crippen molar-refractivity contribution in [2.24, 2.45) is 0 Å². The predicted molar refractivity (Wildman–Crippen MR) is 88.4 cm³/mol. The summed E-state index contributed by atoms with van der Waals surface area (Å²) in [6, 6.07) is 0. The molecule has 0 amide bonds. The fourth-order valence-electron chi connectivity index (χ4n) is 2.67. The normalized spacial score (nSPS) is 21.3. The quantitative estimate of drug-likeness (QED) is 0.781. The summed E-state index contributed by atoms with van der Waals surface area (Å²) in [7, 11) is 2.53. The summed E-state index contributed by atoms with van der Waals surface area (Å²) in [5.41, 5.74) is -1.39. The van der Waals surface area contributed by atoms with Gasteiger partial charge in [0.15, 0.2) is 0 Å². The van der Waals surface area contributed by atoms with Crippen molar-refractivity contribution < 1.29 is 5.11 Å². The minimum absolute atomic E-state index is 0.236. The van der Waals surface area contributed by atoms with Crippen LogP contribution in [-0.4, -0.2) is 39.8 Å². The molecule has 0 aromatic heterocycles. The molecule has 1 heterocycles. The number of nitrogens with zero attached hydrogens (tertiary/aromatic N) is 1. The second-order valence-corrected chi connectivity index (χ2v) is 6.74. The van der Waals surface area contributed by atoms with E-state index in [0.717, 1.165) is 13.1 Å². The minimum Gasteiger partial charge on any atom is -0.386 e. The van der Waals surface area contributed by atoms with E-state index in [-0.39, 0.29) is 11.1 Å². The lowest BCUT2D eigenvalue weighted by Gasteiger charge is -2.55. The van der Waals surface area contributed by atoms with Gasteiger partial charge in [0, 0.05) is 11.1 Å². The van der Waals surface area contributed by atoms with E-state index in [4.69, 9.17) is 0 Å². The van der Waals surface area contributed by atoms with E-state index in [1.54, 1.807) is 0 Å². The zero-order valence-electron chi connectivity index (χ0n) is 14.0. The number of rotatable bonds is 4. The van der Waals surface area contributed by atoms with Gasteiger partial charge in [0.25, 0.3) is 0 Å². The Morgan fingerprint density at radius 2 is 1.37 bits per heavy atom. The van der Waals surface area contributed by atoms with Gasteiger partial charge in [-0.25, -0.2) is 0 Å². The van der Waals surface area contributed by atoms with E-state index in [9.17, 15) is 5.11 Å². The standard InChI is InChI=1S/C13H29N2OP.C2H6/c1-11(2,14-17)13(5,16)12(3,4)15-9-7-6-8-10-15;1-2/h14,16H,6-10,17H2,1-5H3;1-2H3. The Hall–Kier alpha value is 0.310. The molecule has 0 radical (unpaired) electrons. The van der Waals surface area contributed by atoms with Crippen molar-refractivity contribution in [2.75, 3.05) is 13.1 Å². The summed E-state index contributed by atoms with van der Waals surface area (Å²) < 4.78 is 0. The summed E-state index contributed by atoms with van der Waals surface area (Å²) in [6.07, 6.45) is 3.81. The third-order valence-corrected chi connectivity index (χ3v) is 5.64. The zero-order valence-corrected chi connectivity index (χ0v) is 15.2. The highest BCUT2D eigenvalue weighted by Crippen LogP contribution is 2.38. The third-order valence-electron chi connectivity index (χ3n) is 4.92. The molecular weight excluding hydrogens is 255 g/mol. The molecule has 2 N–H and O–H groups in total. The topological polar surface area (TPSA) is 35.5 Å². The lowest BCUT2D eigenvalue weighted by molar-refractivity contribution is -0.130. The number of hydrogen-bond donors (Lipinski definition) is 2. The van der Waals surface area contributed by atoms with Gasteiger partial charge in [0.2, 0.25) is 0 Å². The van der Waals surface area contributed by atoms with Gasteiger partial charge in [-0.1, -0.05) is 29.7 Å². The molecule has 3 nitrogen and oxygen atoms in total. The van der Waals surface area contributed by atoms with E-state index in [1.807, 2.05) is 34.6 Å². The first-order valence-corrected chi connectivity index (χ1v) is 8.20. The molecular formula is C15H35N2OP. The number of nitrogens with one attached hydrogen (secondary N) is 1. The van der Waals surface area contributed by atoms with Crippen LogP contribution >= 0.6 is 9.39 Å². The first kappa shape index (κ1) is 19.3. The number of piperidine rings is 1. The summed E-state index contributed by atoms with van der Waals surface area (Å²) in [5, 5.41) is 14.2. The van der Waals surface area contributed by atoms with Gasteiger partial charge in [-0.05, 0) is 60.5 Å². The van der Waals surface area contributed by atoms with Gasteiger partial charge in [-0.15, -0.1) is 0 Å². The van der Waals surface area contributed by atoms with Crippen LogP contribution in [0.15, 0.2) is 0 Å². The van der Waals surface area contributed by atoms with Crippen LogP contribution in [0.4, 0.5) is 0 Å². The molecule has 1 rings (SSSR count). The molecule has 2 atom stereocenters. The van der Waals surface area contributed by atoms with Crippen molar-refractivity contribution in [2.45, 2.75) is 84.4 Å². The summed E-state index contributed by atoms with van der Waals surface area (Å²) >= 11 is 0. The van der Waals surface area contributed by atoms with Crippen LogP contribution in [0.3, 0.4) is 0 Å². The van der Waals surface area contributed by atoms with Crippen LogP contribution < -0.4 is 5.09 Å². The maximum atomic E-state index is 11.0. The van der Waals surface area contributed by atoms with E-state index < -0.39 is 5.60 Å². The summed E-state index contributed by atoms with van der Waals surface area (Å²) in [5.74, 6) is 0. The molecule has 4 heteroatoms. The van der Waals surface area contributed by atoms with Gasteiger partial charge in [-0.3, -0.25) is 9.99 Å². The van der Waals surface area contributed by atoms with E-state index >= 15 is 0 Å². The molecule has 116 valence electrons. The number of aliphatic hydroxyl groups is 1. The smallest absolute Gasteiger partial charge is 0.0974 e. The zero-order chi connectivity index (χ0) is 15.3. The van der Waals surface area contributed by atoms with Gasteiger partial charge < -0.3 is 5.11 Å². The molecule has 0 bridgehead atoms. The van der Waals surface area contributed by atoms with Gasteiger partial charge in [0.05, 0.1) is 5.60 Å². The monoisotopic (exact) mass is 290 g/mol. The molecule has 0 saturated carbocycles. The lowest BCUT2D eigenvalue weighted by atomic mass is 9.70. The first-order chi connectivity index (χ1) is 8.67. The van der Waals surface area contributed by atoms with Crippen LogP contribution in [-0.2, 0) is 0 Å². The maximum Gasteiger partial charge on any atom is 0.0974 e. The minimum atomic E-state index is -0.806. The van der Waals surface area contributed by atoms with Crippen LogP contribution in [0.5, 0.6) is 0 Å². The molecule has 1 aliphatic rings. The highest BCUT2D eigenvalue weighted by atomic mass is 31.0. The fourth-order valence-corrected chi connectivity index (χ4v) is 2.95. The molecule has 0 aliphatic carbocycles. The van der Waals surface area contributed by atoms with Crippen molar-refractivity contribution in [1.82, 2.24) is 9.99 Å². The number of hydrogen-bond acceptors (Lipinski definition) is 3. The molecule has 0 aromatic carbocycles. The molecule has 1 aliphatic heterocycles. The van der Waals surface area contributed by atoms with Crippen molar-refractivity contribution in [1.29, 1.82) is 0 Å². The fraction of sp³-hybridized carbons (Fsp3) is 1.00. The van der Waals surface area contributed by atoms with Crippen LogP contribution in [0.1, 0.15) is 67.7 Å². The summed E-state index contributed by atoms with van der Waals surface area (Å²) in [4.78, 5) is 2.43. The molecule has 2 unspecified atom stereocenters. The Morgan fingerprint density at radius 1 is 0.947 bits per heavy atom. The van der Waals surface area contributed by atoms with E-state index in [0.29, 0.717) is 0 Å². The van der Waals surface area contributed by atoms with Crippen molar-refractivity contribution in [3.63, 3.8) is 0 Å². The maximum absolute atomic E-state index is 11.0. The molecule has 19 heavy (non-hydrogen) atoms. The molecule has 1 saturated heterocycles. The SMILES string of the molecule is CC.CC(C)(NP)C(C)(O)C(C)(C)N1CCCCC1. The van der Waals surface area contributed by atoms with Gasteiger partial charge >= 0.3 is 0 Å². The van der Waals surface area contributed by atoms with Crippen molar-refractivity contribution >= 4 is 9.39 Å². The van der Waals surface area contributed by atoms with E-state index in [2.05, 4.69) is 33.2 Å². The molecule has 1 fully saturated rings. The van der Waals surface area contributed by atoms with Crippen LogP contribution in [0.25, 0.3) is 0 Å². The third kappa shape index (κ3) is 3.91. The lowest BCUT2D eigenvalue weighted by Crippen LogP contribution is -2.71. The average molecular weight is 290 g/mol. The highest BCUT2D eigenvalue weighted by molar-refractivity contribution is 7.13. The number of likely N-dealkylation sites (tertiary alicyclic amines) is 1. The van der Waals surface area contributed by atoms with E-state index in [1.165, 1.54) is 19.3 Å². The average Bonchev–Trinajstić information content (AvgIpc) is 2.41. The first-order valence-electron chi connectivity index (χ1n) is 7.62. The molecule has 0 aromatic rings. The second-order valence-electron chi connectivity index (χ2n) is 6.45. The Kier molecular flexibility index (Phi) is 7.48. The Morgan fingerprint density at radius 3 is 1.74 bits per heavy atom. The Bertz CT molecular complexity index is 259. The van der Waals surface area contributed by atoms with Gasteiger partial charge in [0.1, 0.15) is 0 Å². The highest BCUT2D eigenvalue weighted by Gasteiger charge is 2.52. The Labute approximate surface area is 122 Å². The van der Waals surface area contributed by atoms with Crippen LogP contribution in [0.2, 0.25) is 0 Å². The Balaban J connectivity index is 0.00000154. The van der Waals surface area contributed by atoms with Crippen molar-refractivity contribution in [3.8, 4) is 0 Å². The largest absolute Gasteiger partial charge is 0.386 e. The second kappa shape index (κ2) is 7.36. The summed E-state index contributed by atoms with van der Waals surface area (Å²) in [6.45, 7) is 16.5. The predicted octanol–water partition coefficient (Wildman–Crippen LogP) is 3.19.